The van der Waals surface area contributed by atoms with Gasteiger partial charge in [-0.05, 0) is 116 Å². The average Bonchev–Trinajstić information content (AvgIpc) is 3.30. The molecule has 0 aliphatic carbocycles. The zero-order valence-electron chi connectivity index (χ0n) is 40.7. The molecule has 64 heavy (non-hydrogen) atoms. The summed E-state index contributed by atoms with van der Waals surface area (Å²) < 4.78 is 17.2. The number of rotatable bonds is 43. The number of ether oxygens (including phenoxy) is 3. The number of carbonyl (C=O) groups excluding carboxylic acids is 2. The number of allylic oxidation sites excluding steroid dienone is 25. The summed E-state index contributed by atoms with van der Waals surface area (Å²) in [5.41, 5.74) is 0. The van der Waals surface area contributed by atoms with Crippen molar-refractivity contribution in [2.45, 2.75) is 181 Å². The molecule has 1 atom stereocenters. The Morgan fingerprint density at radius 2 is 0.703 bits per heavy atom. The molecule has 0 spiro atoms. The average molecular weight is 879 g/mol. The van der Waals surface area contributed by atoms with Gasteiger partial charge in [0.15, 0.2) is 6.10 Å². The molecule has 0 rings (SSSR count). The van der Waals surface area contributed by atoms with Gasteiger partial charge in [0, 0.05) is 13.0 Å². The van der Waals surface area contributed by atoms with Gasteiger partial charge in [-0.15, -0.1) is 0 Å². The molecule has 0 aliphatic heterocycles. The van der Waals surface area contributed by atoms with Crippen molar-refractivity contribution in [2.24, 2.45) is 0 Å². The monoisotopic (exact) mass is 879 g/mol. The number of esters is 2. The van der Waals surface area contributed by atoms with Crippen LogP contribution < -0.4 is 0 Å². The highest BCUT2D eigenvalue weighted by Gasteiger charge is 2.17. The van der Waals surface area contributed by atoms with E-state index in [0.29, 0.717) is 19.4 Å². The second-order valence-electron chi connectivity index (χ2n) is 15.6. The highest BCUT2D eigenvalue weighted by Crippen LogP contribution is 2.10. The van der Waals surface area contributed by atoms with Crippen LogP contribution in [0.2, 0.25) is 0 Å². The first-order valence-corrected chi connectivity index (χ1v) is 25.0. The van der Waals surface area contributed by atoms with Crippen LogP contribution in [0.1, 0.15) is 175 Å². The summed E-state index contributed by atoms with van der Waals surface area (Å²) >= 11 is 0. The third-order valence-electron chi connectivity index (χ3n) is 9.57. The van der Waals surface area contributed by atoms with Gasteiger partial charge in [-0.25, -0.2) is 0 Å². The summed E-state index contributed by atoms with van der Waals surface area (Å²) in [7, 11) is 0. The third kappa shape index (κ3) is 50.2. The quantitative estimate of drug-likeness (QED) is 0.0347. The molecule has 0 aliphatic rings. The van der Waals surface area contributed by atoms with E-state index in [1.54, 1.807) is 0 Å². The smallest absolute Gasteiger partial charge is 0.310 e. The first-order chi connectivity index (χ1) is 31.6. The lowest BCUT2D eigenvalue weighted by Crippen LogP contribution is -2.29. The molecule has 5 heteroatoms. The van der Waals surface area contributed by atoms with Gasteiger partial charge in [-0.3, -0.25) is 9.59 Å². The molecule has 0 heterocycles. The van der Waals surface area contributed by atoms with Gasteiger partial charge in [0.25, 0.3) is 0 Å². The summed E-state index contributed by atoms with van der Waals surface area (Å²) in [6, 6.07) is 0. The molecule has 0 amide bonds. The lowest BCUT2D eigenvalue weighted by Gasteiger charge is -2.18. The van der Waals surface area contributed by atoms with E-state index in [0.717, 1.165) is 109 Å². The Labute approximate surface area is 393 Å². The van der Waals surface area contributed by atoms with Crippen molar-refractivity contribution in [1.29, 1.82) is 0 Å². The molecule has 356 valence electrons. The van der Waals surface area contributed by atoms with Gasteiger partial charge in [-0.2, -0.15) is 0 Å². The van der Waals surface area contributed by atoms with Crippen LogP contribution in [0.3, 0.4) is 0 Å². The van der Waals surface area contributed by atoms with Crippen LogP contribution in [0.5, 0.6) is 0 Å². The lowest BCUT2D eigenvalue weighted by atomic mass is 10.1. The molecule has 1 unspecified atom stereocenters. The maximum Gasteiger partial charge on any atom is 0.310 e. The molecular formula is C59H90O5. The van der Waals surface area contributed by atoms with E-state index in [2.05, 4.69) is 167 Å². The number of hydrogen-bond acceptors (Lipinski definition) is 5. The molecule has 0 bridgehead atoms. The first-order valence-electron chi connectivity index (χ1n) is 25.0. The Morgan fingerprint density at radius 1 is 0.359 bits per heavy atom. The first kappa shape index (κ1) is 59.5. The van der Waals surface area contributed by atoms with E-state index in [1.807, 2.05) is 12.2 Å². The second kappa shape index (κ2) is 52.9. The highest BCUT2D eigenvalue weighted by molar-refractivity contribution is 5.71. The van der Waals surface area contributed by atoms with Crippen LogP contribution in [0.25, 0.3) is 0 Å². The van der Waals surface area contributed by atoms with Crippen LogP contribution in [-0.4, -0.2) is 37.9 Å². The highest BCUT2D eigenvalue weighted by atomic mass is 16.6. The number of carbonyl (C=O) groups is 2. The minimum atomic E-state index is -0.633. The van der Waals surface area contributed by atoms with Crippen molar-refractivity contribution >= 4 is 11.9 Å². The van der Waals surface area contributed by atoms with E-state index in [-0.39, 0.29) is 31.6 Å². The van der Waals surface area contributed by atoms with Crippen molar-refractivity contribution in [2.75, 3.05) is 19.8 Å². The van der Waals surface area contributed by atoms with Gasteiger partial charge in [0.1, 0.15) is 6.61 Å². The molecule has 0 saturated heterocycles. The van der Waals surface area contributed by atoms with Crippen LogP contribution in [0.4, 0.5) is 0 Å². The predicted octanol–water partition coefficient (Wildman–Crippen LogP) is 17.1. The zero-order valence-corrected chi connectivity index (χ0v) is 40.7. The number of hydrogen-bond donors (Lipinski definition) is 0. The molecule has 0 saturated carbocycles. The van der Waals surface area contributed by atoms with Crippen LogP contribution >= 0.6 is 0 Å². The van der Waals surface area contributed by atoms with E-state index >= 15 is 0 Å². The molecule has 0 fully saturated rings. The third-order valence-corrected chi connectivity index (χ3v) is 9.57. The maximum atomic E-state index is 12.7. The minimum absolute atomic E-state index is 0.00105. The molecule has 0 aromatic carbocycles. The van der Waals surface area contributed by atoms with Gasteiger partial charge in [0.2, 0.25) is 0 Å². The fourth-order valence-electron chi connectivity index (χ4n) is 5.99. The Hall–Kier alpha value is -4.48. The van der Waals surface area contributed by atoms with E-state index in [4.69, 9.17) is 14.2 Å². The van der Waals surface area contributed by atoms with Crippen molar-refractivity contribution in [3.8, 4) is 0 Å². The van der Waals surface area contributed by atoms with Crippen LogP contribution in [0.15, 0.2) is 158 Å². The summed E-state index contributed by atoms with van der Waals surface area (Å²) in [6.45, 7) is 7.26. The van der Waals surface area contributed by atoms with Gasteiger partial charge in [-0.1, -0.05) is 204 Å². The zero-order chi connectivity index (χ0) is 46.3. The Balaban J connectivity index is 4.55. The van der Waals surface area contributed by atoms with Crippen molar-refractivity contribution in [3.05, 3.63) is 158 Å². The lowest BCUT2D eigenvalue weighted by molar-refractivity contribution is -0.162. The SMILES string of the molecule is CC/C=C\C/C=C\C/C=C\C/C=C\C/C=C\CCCC(=O)OCC(COCCCCCCCC/C=C\C/C=C\C/C=C\CC)OC(=O)C/C=C\C/C=C\C/C=C\C/C=C\C/C=C\CC. The number of unbranched alkanes of at least 4 members (excludes halogenated alkanes) is 7. The molecule has 0 radical (unpaired) electrons. The topological polar surface area (TPSA) is 61.8 Å². The summed E-state index contributed by atoms with van der Waals surface area (Å²) in [5.74, 6) is -0.635. The van der Waals surface area contributed by atoms with Crippen LogP contribution in [-0.2, 0) is 23.8 Å². The Morgan fingerprint density at radius 3 is 1.12 bits per heavy atom. The second-order valence-corrected chi connectivity index (χ2v) is 15.6. The van der Waals surface area contributed by atoms with Crippen molar-refractivity contribution < 1.29 is 23.8 Å². The normalized spacial score (nSPS) is 13.6. The standard InChI is InChI=1S/C59H90O5/c1-4-7-10-13-16-19-22-25-28-30-32-34-37-40-43-46-49-52-58(60)63-56-57(55-62-54-51-48-45-42-39-36-33-29-26-23-20-17-14-11-8-5-2)64-59(61)53-50-47-44-41-38-35-31-27-24-21-18-15-12-9-6-3/h7-12,16-21,25-29,31-32,34,38,40-41,43,47,50,57H,4-6,13-15,22-24,30,33,35-37,39,42,44-46,48-49,51-56H2,1-3H3/b10-7-,11-8-,12-9-,19-16-,20-17-,21-18-,28-25-,29-26-,31-27-,34-32-,41-38-,43-40-,50-47-. The molecule has 0 aromatic rings. The van der Waals surface area contributed by atoms with Crippen LogP contribution in [0, 0.1) is 0 Å². The minimum Gasteiger partial charge on any atom is -0.462 e. The van der Waals surface area contributed by atoms with E-state index < -0.39 is 6.10 Å². The van der Waals surface area contributed by atoms with Crippen molar-refractivity contribution in [3.63, 3.8) is 0 Å². The van der Waals surface area contributed by atoms with E-state index in [9.17, 15) is 9.59 Å². The Bertz CT molecular complexity index is 1460. The molecule has 5 nitrogen and oxygen atoms in total. The predicted molar refractivity (Wildman–Crippen MR) is 278 cm³/mol. The van der Waals surface area contributed by atoms with Gasteiger partial charge < -0.3 is 14.2 Å². The molecule has 0 N–H and O–H groups in total. The largest absolute Gasteiger partial charge is 0.462 e. The fraction of sp³-hybridized carbons (Fsp3) is 0.525. The Kier molecular flexibility index (Phi) is 49.2. The molecular weight excluding hydrogens is 789 g/mol. The maximum absolute atomic E-state index is 12.7. The van der Waals surface area contributed by atoms with Crippen molar-refractivity contribution in [1.82, 2.24) is 0 Å². The fourth-order valence-corrected chi connectivity index (χ4v) is 5.99. The summed E-state index contributed by atoms with van der Waals surface area (Å²) in [4.78, 5) is 25.3. The molecule has 0 aromatic heterocycles. The summed E-state index contributed by atoms with van der Waals surface area (Å²) in [6.07, 6.45) is 78.5. The summed E-state index contributed by atoms with van der Waals surface area (Å²) in [5, 5.41) is 0. The van der Waals surface area contributed by atoms with Gasteiger partial charge in [0.05, 0.1) is 13.0 Å². The van der Waals surface area contributed by atoms with Gasteiger partial charge >= 0.3 is 11.9 Å². The van der Waals surface area contributed by atoms with E-state index in [1.165, 1.54) is 25.7 Å².